The summed E-state index contributed by atoms with van der Waals surface area (Å²) >= 11 is 11.8. The second kappa shape index (κ2) is 7.24. The molecule has 0 bridgehead atoms. The van der Waals surface area contributed by atoms with E-state index in [-0.39, 0.29) is 12.5 Å². The van der Waals surface area contributed by atoms with Crippen molar-refractivity contribution in [2.24, 2.45) is 0 Å². The maximum atomic E-state index is 12.0. The lowest BCUT2D eigenvalue weighted by atomic mass is 9.91. The first-order valence-electron chi connectivity index (χ1n) is 7.62. The number of aryl methyl sites for hydroxylation is 1. The van der Waals surface area contributed by atoms with Crippen molar-refractivity contribution in [1.82, 2.24) is 0 Å². The average Bonchev–Trinajstić information content (AvgIpc) is 2.56. The Morgan fingerprint density at radius 1 is 1.09 bits per heavy atom. The molecule has 0 fully saturated rings. The predicted molar refractivity (Wildman–Crippen MR) is 93.7 cm³/mol. The van der Waals surface area contributed by atoms with E-state index in [1.807, 2.05) is 12.1 Å². The van der Waals surface area contributed by atoms with Gasteiger partial charge in [-0.25, -0.2) is 0 Å². The van der Waals surface area contributed by atoms with Gasteiger partial charge in [0.25, 0.3) is 5.91 Å². The van der Waals surface area contributed by atoms with Gasteiger partial charge in [0.1, 0.15) is 5.75 Å². The van der Waals surface area contributed by atoms with E-state index in [9.17, 15) is 4.79 Å². The molecule has 1 amide bonds. The third-order valence-corrected chi connectivity index (χ3v) is 4.65. The Hall–Kier alpha value is -1.71. The molecule has 0 spiro atoms. The zero-order valence-electron chi connectivity index (χ0n) is 12.6. The number of rotatable bonds is 4. The van der Waals surface area contributed by atoms with Crippen molar-refractivity contribution in [3.8, 4) is 5.75 Å². The summed E-state index contributed by atoms with van der Waals surface area (Å²) < 4.78 is 5.72. The number of carbonyl (C=O) groups is 1. The largest absolute Gasteiger partial charge is 0.483 e. The topological polar surface area (TPSA) is 38.3 Å². The molecule has 120 valence electrons. The van der Waals surface area contributed by atoms with E-state index in [0.29, 0.717) is 15.7 Å². The van der Waals surface area contributed by atoms with Gasteiger partial charge in [0.2, 0.25) is 0 Å². The highest BCUT2D eigenvalue weighted by atomic mass is 35.5. The summed E-state index contributed by atoms with van der Waals surface area (Å²) in [6, 6.07) is 11.0. The molecule has 2 aromatic carbocycles. The Morgan fingerprint density at radius 2 is 1.91 bits per heavy atom. The van der Waals surface area contributed by atoms with Crippen molar-refractivity contribution in [3.05, 3.63) is 57.6 Å². The molecule has 0 unspecified atom stereocenters. The summed E-state index contributed by atoms with van der Waals surface area (Å²) in [4.78, 5) is 12.0. The highest BCUT2D eigenvalue weighted by molar-refractivity contribution is 6.42. The molecule has 0 radical (unpaired) electrons. The Bertz CT molecular complexity index is 731. The van der Waals surface area contributed by atoms with Gasteiger partial charge in [0.05, 0.1) is 10.0 Å². The lowest BCUT2D eigenvalue weighted by molar-refractivity contribution is -0.118. The minimum Gasteiger partial charge on any atom is -0.483 e. The molecule has 2 aromatic rings. The minimum atomic E-state index is -0.225. The lowest BCUT2D eigenvalue weighted by Gasteiger charge is -2.19. The number of ether oxygens (including phenoxy) is 1. The van der Waals surface area contributed by atoms with Gasteiger partial charge in [-0.05, 0) is 61.1 Å². The molecule has 0 saturated heterocycles. The van der Waals surface area contributed by atoms with Crippen LogP contribution in [0.25, 0.3) is 0 Å². The third kappa shape index (κ3) is 3.98. The number of carbonyl (C=O) groups excluding carboxylic acids is 1. The Labute approximate surface area is 145 Å². The quantitative estimate of drug-likeness (QED) is 0.853. The number of amides is 1. The van der Waals surface area contributed by atoms with Gasteiger partial charge >= 0.3 is 0 Å². The minimum absolute atomic E-state index is 0.0311. The standard InChI is InChI=1S/C18H17Cl2NO2/c19-15-9-8-13(10-16(15)20)21-18(22)11-23-17-7-3-5-12-4-1-2-6-14(12)17/h3,5,7-10H,1-2,4,6,11H2,(H,21,22). The van der Waals surface area contributed by atoms with Gasteiger partial charge in [-0.15, -0.1) is 0 Å². The van der Waals surface area contributed by atoms with E-state index in [2.05, 4.69) is 11.4 Å². The van der Waals surface area contributed by atoms with Crippen LogP contribution < -0.4 is 10.1 Å². The SMILES string of the molecule is O=C(COc1cccc2c1CCCC2)Nc1ccc(Cl)c(Cl)c1. The molecule has 1 aliphatic rings. The van der Waals surface area contributed by atoms with Crippen LogP contribution in [0.1, 0.15) is 24.0 Å². The molecule has 1 N–H and O–H groups in total. The number of benzene rings is 2. The molecule has 23 heavy (non-hydrogen) atoms. The molecular weight excluding hydrogens is 333 g/mol. The van der Waals surface area contributed by atoms with Gasteiger partial charge in [-0.1, -0.05) is 35.3 Å². The molecule has 0 heterocycles. The number of nitrogens with one attached hydrogen (secondary N) is 1. The molecule has 5 heteroatoms. The van der Waals surface area contributed by atoms with Crippen LogP contribution in [0.2, 0.25) is 10.0 Å². The normalized spacial score (nSPS) is 13.3. The second-order valence-electron chi connectivity index (χ2n) is 5.57. The van der Waals surface area contributed by atoms with Crippen LogP contribution in [0.4, 0.5) is 5.69 Å². The van der Waals surface area contributed by atoms with Crippen molar-refractivity contribution in [3.63, 3.8) is 0 Å². The Morgan fingerprint density at radius 3 is 2.74 bits per heavy atom. The number of halogens is 2. The Kier molecular flexibility index (Phi) is 5.09. The van der Waals surface area contributed by atoms with Crippen molar-refractivity contribution in [2.75, 3.05) is 11.9 Å². The lowest BCUT2D eigenvalue weighted by Crippen LogP contribution is -2.21. The van der Waals surface area contributed by atoms with Crippen LogP contribution in [-0.4, -0.2) is 12.5 Å². The van der Waals surface area contributed by atoms with E-state index in [0.717, 1.165) is 18.6 Å². The zero-order chi connectivity index (χ0) is 16.2. The Balaban J connectivity index is 1.62. The van der Waals surface area contributed by atoms with Gasteiger partial charge in [0, 0.05) is 5.69 Å². The summed E-state index contributed by atoms with van der Waals surface area (Å²) in [5.41, 5.74) is 3.17. The second-order valence-corrected chi connectivity index (χ2v) is 6.38. The van der Waals surface area contributed by atoms with Crippen LogP contribution in [0.15, 0.2) is 36.4 Å². The van der Waals surface area contributed by atoms with Gasteiger partial charge in [0.15, 0.2) is 6.61 Å². The van der Waals surface area contributed by atoms with E-state index < -0.39 is 0 Å². The molecule has 0 saturated carbocycles. The number of anilines is 1. The van der Waals surface area contributed by atoms with Gasteiger partial charge < -0.3 is 10.1 Å². The molecule has 0 aromatic heterocycles. The van der Waals surface area contributed by atoms with Crippen molar-refractivity contribution >= 4 is 34.8 Å². The van der Waals surface area contributed by atoms with Gasteiger partial charge in [-0.3, -0.25) is 4.79 Å². The van der Waals surface area contributed by atoms with Crippen LogP contribution in [0.3, 0.4) is 0 Å². The summed E-state index contributed by atoms with van der Waals surface area (Å²) in [6.07, 6.45) is 4.49. The smallest absolute Gasteiger partial charge is 0.262 e. The molecule has 0 aliphatic heterocycles. The fourth-order valence-electron chi connectivity index (χ4n) is 2.80. The number of hydrogen-bond donors (Lipinski definition) is 1. The fraction of sp³-hybridized carbons (Fsp3) is 0.278. The van der Waals surface area contributed by atoms with E-state index in [1.165, 1.54) is 24.0 Å². The zero-order valence-corrected chi connectivity index (χ0v) is 14.1. The predicted octanol–water partition coefficient (Wildman–Crippen LogP) is 4.89. The van der Waals surface area contributed by atoms with Gasteiger partial charge in [-0.2, -0.15) is 0 Å². The van der Waals surface area contributed by atoms with Crippen molar-refractivity contribution < 1.29 is 9.53 Å². The van der Waals surface area contributed by atoms with Crippen LogP contribution in [-0.2, 0) is 17.6 Å². The summed E-state index contributed by atoms with van der Waals surface area (Å²) in [5, 5.41) is 3.61. The highest BCUT2D eigenvalue weighted by Gasteiger charge is 2.14. The summed E-state index contributed by atoms with van der Waals surface area (Å²) in [7, 11) is 0. The molecule has 0 atom stereocenters. The number of fused-ring (bicyclic) bond motifs is 1. The third-order valence-electron chi connectivity index (χ3n) is 3.92. The molecule has 3 nitrogen and oxygen atoms in total. The maximum absolute atomic E-state index is 12.0. The first-order valence-corrected chi connectivity index (χ1v) is 8.37. The molecule has 3 rings (SSSR count). The average molecular weight is 350 g/mol. The maximum Gasteiger partial charge on any atom is 0.262 e. The first kappa shape index (κ1) is 16.2. The van der Waals surface area contributed by atoms with Crippen molar-refractivity contribution in [2.45, 2.75) is 25.7 Å². The first-order chi connectivity index (χ1) is 11.1. The van der Waals surface area contributed by atoms with Crippen LogP contribution >= 0.6 is 23.2 Å². The van der Waals surface area contributed by atoms with E-state index >= 15 is 0 Å². The monoisotopic (exact) mass is 349 g/mol. The van der Waals surface area contributed by atoms with E-state index in [1.54, 1.807) is 18.2 Å². The van der Waals surface area contributed by atoms with E-state index in [4.69, 9.17) is 27.9 Å². The summed E-state index contributed by atoms with van der Waals surface area (Å²) in [6.45, 7) is -0.0311. The van der Waals surface area contributed by atoms with Crippen LogP contribution in [0.5, 0.6) is 5.75 Å². The van der Waals surface area contributed by atoms with Crippen LogP contribution in [0, 0.1) is 0 Å². The molecular formula is C18H17Cl2NO2. The fourth-order valence-corrected chi connectivity index (χ4v) is 3.09. The van der Waals surface area contributed by atoms with Crippen molar-refractivity contribution in [1.29, 1.82) is 0 Å². The molecule has 1 aliphatic carbocycles. The highest BCUT2D eigenvalue weighted by Crippen LogP contribution is 2.29. The number of hydrogen-bond acceptors (Lipinski definition) is 2. The summed E-state index contributed by atoms with van der Waals surface area (Å²) in [5.74, 6) is 0.586.